The van der Waals surface area contributed by atoms with E-state index in [1.54, 1.807) is 0 Å². The molecule has 2 fully saturated rings. The van der Waals surface area contributed by atoms with E-state index in [4.69, 9.17) is 18.6 Å². The fourth-order valence-electron chi connectivity index (χ4n) is 4.25. The second-order valence-corrected chi connectivity index (χ2v) is 9.06. The summed E-state index contributed by atoms with van der Waals surface area (Å²) in [7, 11) is -0.263. The zero-order valence-electron chi connectivity index (χ0n) is 19.4. The Hall–Kier alpha value is -0.0301. The van der Waals surface area contributed by atoms with Gasteiger partial charge >= 0.3 is 20.4 Å². The molecule has 29 heavy (non-hydrogen) atoms. The number of hydrogen-bond acceptors (Lipinski definition) is 4. The van der Waals surface area contributed by atoms with E-state index in [2.05, 4.69) is 13.8 Å². The van der Waals surface area contributed by atoms with Crippen LogP contribution in [0.4, 0.5) is 0 Å². The van der Waals surface area contributed by atoms with E-state index in [-0.39, 0.29) is 14.2 Å². The summed E-state index contributed by atoms with van der Waals surface area (Å²) in [5.41, 5.74) is 0. The van der Waals surface area contributed by atoms with Crippen molar-refractivity contribution in [3.05, 3.63) is 0 Å². The van der Waals surface area contributed by atoms with Crippen LogP contribution in [-0.2, 0) is 18.6 Å². The van der Waals surface area contributed by atoms with Gasteiger partial charge in [0.05, 0.1) is 0 Å². The molecule has 0 bridgehead atoms. The lowest BCUT2D eigenvalue weighted by Gasteiger charge is -2.52. The number of rotatable bonds is 20. The van der Waals surface area contributed by atoms with E-state index in [0.717, 1.165) is 25.5 Å². The van der Waals surface area contributed by atoms with Gasteiger partial charge in [0.1, 0.15) is 0 Å². The molecule has 2 rings (SSSR count). The Morgan fingerprint density at radius 1 is 0.414 bits per heavy atom. The summed E-state index contributed by atoms with van der Waals surface area (Å²) in [5, 5.41) is 0. The highest BCUT2D eigenvalue weighted by Gasteiger charge is 2.62. The van der Waals surface area contributed by atoms with Crippen LogP contribution in [0.2, 0.25) is 12.6 Å². The molecule has 0 aromatic heterocycles. The maximum Gasteiger partial charge on any atom is 0.468 e. The van der Waals surface area contributed by atoms with Gasteiger partial charge in [-0.3, -0.25) is 0 Å². The average Bonchev–Trinajstić information content (AvgIpc) is 2.66. The van der Waals surface area contributed by atoms with Gasteiger partial charge < -0.3 is 18.6 Å². The van der Waals surface area contributed by atoms with E-state index in [9.17, 15) is 0 Å². The number of unbranched alkanes of at least 4 members (excludes halogenated alkanes) is 16. The van der Waals surface area contributed by atoms with Crippen LogP contribution in [0.1, 0.15) is 129 Å². The summed E-state index contributed by atoms with van der Waals surface area (Å²) in [6, 6.07) is 0. The normalized spacial score (nSPS) is 17.6. The van der Waals surface area contributed by atoms with Gasteiger partial charge in [-0.15, -0.1) is 0 Å². The lowest BCUT2D eigenvalue weighted by molar-refractivity contribution is -0.492. The van der Waals surface area contributed by atoms with Crippen LogP contribution >= 0.6 is 0 Å². The molecule has 0 radical (unpaired) electrons. The first kappa shape index (κ1) is 25.2. The molecule has 2 saturated heterocycles. The van der Waals surface area contributed by atoms with Crippen LogP contribution in [-0.4, -0.2) is 20.4 Å². The van der Waals surface area contributed by atoms with Crippen molar-refractivity contribution >= 4 is 14.2 Å². The monoisotopic (exact) mass is 408 g/mol. The first-order valence-electron chi connectivity index (χ1n) is 13.0. The molecule has 0 N–H and O–H groups in total. The van der Waals surface area contributed by atoms with Crippen molar-refractivity contribution in [3.63, 3.8) is 0 Å². The molecule has 6 heteroatoms. The summed E-state index contributed by atoms with van der Waals surface area (Å²) in [6.45, 7) is 4.54. The predicted octanol–water partition coefficient (Wildman–Crippen LogP) is 7.73. The van der Waals surface area contributed by atoms with Crippen molar-refractivity contribution in [2.45, 2.75) is 148 Å². The quantitative estimate of drug-likeness (QED) is 0.153. The zero-order chi connectivity index (χ0) is 20.6. The van der Waals surface area contributed by atoms with Gasteiger partial charge in [0.2, 0.25) is 0 Å². The molecule has 0 saturated carbocycles. The minimum Gasteiger partial charge on any atom is -0.338 e. The molecule has 1 spiro atoms. The summed E-state index contributed by atoms with van der Waals surface area (Å²) in [5.74, 6) is 0. The molecule has 168 valence electrons. The Kier molecular flexibility index (Phi) is 13.7. The van der Waals surface area contributed by atoms with Crippen LogP contribution in [0.15, 0.2) is 0 Å². The Morgan fingerprint density at radius 2 is 0.690 bits per heavy atom. The van der Waals surface area contributed by atoms with Crippen LogP contribution < -0.4 is 0 Å². The molecule has 2 heterocycles. The Bertz CT molecular complexity index is 346. The van der Waals surface area contributed by atoms with E-state index < -0.39 is 6.16 Å². The smallest absolute Gasteiger partial charge is 0.338 e. The van der Waals surface area contributed by atoms with Gasteiger partial charge in [0, 0.05) is 0 Å². The fourth-order valence-corrected chi connectivity index (χ4v) is 4.25. The standard InChI is InChI=1S/C23H46B2O4/c1-3-5-7-9-11-13-15-17-19-21-24-26-23(27-24)28-25(29-23)22-20-18-16-14-12-10-8-6-4-2/h3-22H2,1-2H3. The third kappa shape index (κ3) is 10.7. The molecule has 0 amide bonds. The predicted molar refractivity (Wildman–Crippen MR) is 123 cm³/mol. The third-order valence-electron chi connectivity index (χ3n) is 6.19. The minimum atomic E-state index is -1.13. The van der Waals surface area contributed by atoms with Gasteiger partial charge in [0.15, 0.2) is 0 Å². The van der Waals surface area contributed by atoms with E-state index in [0.29, 0.717) is 0 Å². The zero-order valence-corrected chi connectivity index (χ0v) is 19.4. The third-order valence-corrected chi connectivity index (χ3v) is 6.19. The van der Waals surface area contributed by atoms with Crippen molar-refractivity contribution in [2.75, 3.05) is 0 Å². The molecule has 0 aromatic rings. The van der Waals surface area contributed by atoms with Gasteiger partial charge in [-0.05, 0) is 12.6 Å². The summed E-state index contributed by atoms with van der Waals surface area (Å²) >= 11 is 0. The first-order valence-corrected chi connectivity index (χ1v) is 13.0. The van der Waals surface area contributed by atoms with Gasteiger partial charge in [-0.2, -0.15) is 0 Å². The highest BCUT2D eigenvalue weighted by atomic mass is 17.1. The minimum absolute atomic E-state index is 0.131. The van der Waals surface area contributed by atoms with E-state index in [1.165, 1.54) is 103 Å². The Labute approximate surface area is 181 Å². The maximum absolute atomic E-state index is 5.69. The average molecular weight is 408 g/mol. The summed E-state index contributed by atoms with van der Waals surface area (Å²) in [6.07, 6.45) is 24.9. The molecule has 0 aromatic carbocycles. The van der Waals surface area contributed by atoms with Crippen LogP contribution in [0.5, 0.6) is 0 Å². The SMILES string of the molecule is CCCCCCCCCCCB1OC2(O1)OB(CCCCCCCCCCC)O2. The van der Waals surface area contributed by atoms with Crippen molar-refractivity contribution in [3.8, 4) is 0 Å². The molecule has 0 aliphatic carbocycles. The highest BCUT2D eigenvalue weighted by Crippen LogP contribution is 2.41. The van der Waals surface area contributed by atoms with E-state index >= 15 is 0 Å². The second-order valence-electron chi connectivity index (χ2n) is 9.06. The highest BCUT2D eigenvalue weighted by molar-refractivity contribution is 6.50. The second kappa shape index (κ2) is 15.7. The maximum atomic E-state index is 5.69. The fraction of sp³-hybridized carbons (Fsp3) is 1.00. The van der Waals surface area contributed by atoms with Crippen LogP contribution in [0.3, 0.4) is 0 Å². The summed E-state index contributed by atoms with van der Waals surface area (Å²) in [4.78, 5) is 0. The van der Waals surface area contributed by atoms with Crippen LogP contribution in [0.25, 0.3) is 0 Å². The molecule has 2 aliphatic rings. The van der Waals surface area contributed by atoms with Gasteiger partial charge in [-0.25, -0.2) is 0 Å². The van der Waals surface area contributed by atoms with Gasteiger partial charge in [-0.1, -0.05) is 129 Å². The van der Waals surface area contributed by atoms with Crippen molar-refractivity contribution in [2.24, 2.45) is 0 Å². The molecular formula is C23H46B2O4. The molecule has 0 unspecified atom stereocenters. The summed E-state index contributed by atoms with van der Waals surface area (Å²) < 4.78 is 22.8. The van der Waals surface area contributed by atoms with Gasteiger partial charge in [0.25, 0.3) is 0 Å². The van der Waals surface area contributed by atoms with Crippen molar-refractivity contribution < 1.29 is 18.6 Å². The van der Waals surface area contributed by atoms with Crippen molar-refractivity contribution in [1.29, 1.82) is 0 Å². The molecule has 0 atom stereocenters. The lowest BCUT2D eigenvalue weighted by atomic mass is 9.76. The van der Waals surface area contributed by atoms with Crippen LogP contribution in [0, 0.1) is 0 Å². The Morgan fingerprint density at radius 3 is 1.00 bits per heavy atom. The number of hydrogen-bond donors (Lipinski definition) is 0. The largest absolute Gasteiger partial charge is 0.468 e. The topological polar surface area (TPSA) is 36.9 Å². The van der Waals surface area contributed by atoms with E-state index in [1.807, 2.05) is 0 Å². The molecule has 4 nitrogen and oxygen atoms in total. The molecular weight excluding hydrogens is 362 g/mol. The lowest BCUT2D eigenvalue weighted by Crippen LogP contribution is -2.70. The molecule has 2 aliphatic heterocycles. The first-order chi connectivity index (χ1) is 14.3. The van der Waals surface area contributed by atoms with Crippen molar-refractivity contribution in [1.82, 2.24) is 0 Å². The Balaban J connectivity index is 1.30.